The first-order valence-electron chi connectivity index (χ1n) is 16.6. The summed E-state index contributed by atoms with van der Waals surface area (Å²) < 4.78 is 7.65. The van der Waals surface area contributed by atoms with E-state index in [9.17, 15) is 15.0 Å². The predicted molar refractivity (Wildman–Crippen MR) is 195 cm³/mol. The van der Waals surface area contributed by atoms with E-state index in [0.29, 0.717) is 24.9 Å². The third kappa shape index (κ3) is 11.0. The smallest absolute Gasteiger partial charge is 0.407 e. The van der Waals surface area contributed by atoms with Gasteiger partial charge >= 0.3 is 6.09 Å². The van der Waals surface area contributed by atoms with E-state index in [1.165, 1.54) is 5.56 Å². The fourth-order valence-corrected chi connectivity index (χ4v) is 6.31. The molecule has 0 saturated heterocycles. The number of hydrogen-bond donors (Lipinski definition) is 4. The van der Waals surface area contributed by atoms with Crippen LogP contribution in [0, 0.1) is 6.92 Å². The lowest BCUT2D eigenvalue weighted by atomic mass is 10.1. The highest BCUT2D eigenvalue weighted by Crippen LogP contribution is 2.36. The van der Waals surface area contributed by atoms with Gasteiger partial charge in [-0.15, -0.1) is 23.2 Å². The van der Waals surface area contributed by atoms with E-state index in [1.807, 2.05) is 24.3 Å². The number of nitrogens with one attached hydrogen (secondary N) is 2. The van der Waals surface area contributed by atoms with E-state index < -0.39 is 0 Å². The second kappa shape index (κ2) is 19.3. The molecule has 0 bridgehead atoms. The van der Waals surface area contributed by atoms with Gasteiger partial charge in [0.2, 0.25) is 0 Å². The minimum absolute atomic E-state index is 0.244. The van der Waals surface area contributed by atoms with E-state index in [0.717, 1.165) is 105 Å². The number of benzene rings is 3. The first-order valence-corrected chi connectivity index (χ1v) is 17.7. The number of alkyl halides is 2. The van der Waals surface area contributed by atoms with Crippen LogP contribution in [0.15, 0.2) is 66.7 Å². The lowest BCUT2D eigenvalue weighted by Crippen LogP contribution is -2.27. The first kappa shape index (κ1) is 36.2. The second-order valence-corrected chi connectivity index (χ2v) is 12.5. The van der Waals surface area contributed by atoms with Crippen LogP contribution in [-0.2, 0) is 17.7 Å². The summed E-state index contributed by atoms with van der Waals surface area (Å²) in [7, 11) is 0. The highest BCUT2D eigenvalue weighted by molar-refractivity contribution is 6.18. The van der Waals surface area contributed by atoms with Crippen molar-refractivity contribution in [1.29, 1.82) is 0 Å². The number of carbonyl (C=O) groups excluding carboxylic acids is 1. The Labute approximate surface area is 288 Å². The van der Waals surface area contributed by atoms with E-state index in [4.69, 9.17) is 27.9 Å². The van der Waals surface area contributed by atoms with E-state index in [2.05, 4.69) is 51.3 Å². The van der Waals surface area contributed by atoms with Crippen LogP contribution in [0.5, 0.6) is 11.5 Å². The average Bonchev–Trinajstić information content (AvgIpc) is 3.34. The van der Waals surface area contributed by atoms with Gasteiger partial charge in [-0.25, -0.2) is 4.79 Å². The molecule has 254 valence electrons. The lowest BCUT2D eigenvalue weighted by Gasteiger charge is -2.23. The van der Waals surface area contributed by atoms with Gasteiger partial charge in [0.25, 0.3) is 0 Å². The van der Waals surface area contributed by atoms with Crippen LogP contribution in [-0.4, -0.2) is 72.0 Å². The van der Waals surface area contributed by atoms with Gasteiger partial charge < -0.3 is 35.1 Å². The summed E-state index contributed by atoms with van der Waals surface area (Å²) in [5.74, 6) is 1.62. The quantitative estimate of drug-likeness (QED) is 0.0560. The molecule has 0 fully saturated rings. The fraction of sp³-hybridized carbons (Fsp3) is 0.432. The molecule has 0 saturated carbocycles. The van der Waals surface area contributed by atoms with Gasteiger partial charge in [-0.2, -0.15) is 0 Å². The van der Waals surface area contributed by atoms with Crippen LogP contribution in [0.3, 0.4) is 0 Å². The monoisotopic (exact) mass is 682 g/mol. The summed E-state index contributed by atoms with van der Waals surface area (Å²) in [4.78, 5) is 14.2. The zero-order chi connectivity index (χ0) is 33.4. The molecule has 10 heteroatoms. The van der Waals surface area contributed by atoms with Crippen LogP contribution in [0.1, 0.15) is 43.2 Å². The molecule has 0 aliphatic rings. The molecule has 0 radical (unpaired) electrons. The Morgan fingerprint density at radius 3 is 2.26 bits per heavy atom. The number of alkyl carbamates (subject to hydrolysis) is 1. The summed E-state index contributed by atoms with van der Waals surface area (Å²) in [5, 5.41) is 27.2. The maximum Gasteiger partial charge on any atom is 0.407 e. The van der Waals surface area contributed by atoms with Crippen LogP contribution < -0.4 is 15.5 Å². The molecule has 0 aliphatic heterocycles. The number of anilines is 1. The summed E-state index contributed by atoms with van der Waals surface area (Å²) >= 11 is 11.8. The number of carbonyl (C=O) groups is 1. The molecule has 4 aromatic rings. The van der Waals surface area contributed by atoms with E-state index in [1.54, 1.807) is 18.2 Å². The number of unbranched alkanes of at least 4 members (excludes halogenated alkanes) is 2. The van der Waals surface area contributed by atoms with Crippen molar-refractivity contribution in [1.82, 2.24) is 15.2 Å². The molecular formula is C37H48Cl2N4O4. The van der Waals surface area contributed by atoms with Crippen LogP contribution in [0.2, 0.25) is 0 Å². The molecular weight excluding hydrogens is 635 g/mol. The molecule has 4 rings (SSSR count). The van der Waals surface area contributed by atoms with Gasteiger partial charge in [0.05, 0.1) is 12.3 Å². The molecule has 0 atom stereocenters. The lowest BCUT2D eigenvalue weighted by molar-refractivity contribution is 0.144. The summed E-state index contributed by atoms with van der Waals surface area (Å²) in [6.07, 6.45) is 5.26. The molecule has 1 heterocycles. The average molecular weight is 684 g/mol. The van der Waals surface area contributed by atoms with Crippen molar-refractivity contribution >= 4 is 45.9 Å². The minimum Gasteiger partial charge on any atom is -0.508 e. The minimum atomic E-state index is -0.368. The Hall–Kier alpha value is -3.59. The van der Waals surface area contributed by atoms with Gasteiger partial charge in [-0.3, -0.25) is 0 Å². The number of halogens is 2. The SMILES string of the molecule is Cc1c(-c2ccc(O)cc2)n(CCCCCNCCCOC(=O)NCCCc2ccc(N(CCCl)CCCl)cc2)c2ccc(O)cc12. The van der Waals surface area contributed by atoms with Gasteiger partial charge in [-0.05, 0) is 123 Å². The summed E-state index contributed by atoms with van der Waals surface area (Å²) in [6.45, 7) is 7.15. The van der Waals surface area contributed by atoms with Crippen molar-refractivity contribution in [2.24, 2.45) is 0 Å². The molecule has 47 heavy (non-hydrogen) atoms. The highest BCUT2D eigenvalue weighted by atomic mass is 35.5. The molecule has 0 unspecified atom stereocenters. The number of aromatic nitrogens is 1. The number of hydrogen-bond acceptors (Lipinski definition) is 6. The number of rotatable bonds is 20. The standard InChI is InChI=1S/C37H48Cl2N4O4/c1-28-34-27-33(45)16-17-35(34)43(36(28)30-10-14-32(44)15-11-30)23-4-2-3-20-40-21-6-26-47-37(46)41-22-5-7-29-8-12-31(13-9-29)42(24-18-38)25-19-39/h8-17,27,40,44-45H,2-7,18-26H2,1H3,(H,41,46). The number of aromatic hydroxyl groups is 2. The topological polar surface area (TPSA) is 99.0 Å². The number of amides is 1. The molecule has 0 spiro atoms. The normalized spacial score (nSPS) is 11.2. The van der Waals surface area contributed by atoms with Crippen molar-refractivity contribution in [3.63, 3.8) is 0 Å². The number of nitrogens with zero attached hydrogens (tertiary/aromatic N) is 2. The molecule has 1 aromatic heterocycles. The van der Waals surface area contributed by atoms with Crippen LogP contribution in [0.25, 0.3) is 22.2 Å². The van der Waals surface area contributed by atoms with Gasteiger partial charge in [-0.1, -0.05) is 18.6 Å². The second-order valence-electron chi connectivity index (χ2n) is 11.7. The Balaban J connectivity index is 1.06. The van der Waals surface area contributed by atoms with Crippen LogP contribution >= 0.6 is 23.2 Å². The molecule has 4 N–H and O–H groups in total. The van der Waals surface area contributed by atoms with Crippen molar-refractivity contribution in [3.05, 3.63) is 77.9 Å². The van der Waals surface area contributed by atoms with Crippen molar-refractivity contribution in [3.8, 4) is 22.8 Å². The number of aryl methyl sites for hydroxylation is 3. The largest absolute Gasteiger partial charge is 0.508 e. The highest BCUT2D eigenvalue weighted by Gasteiger charge is 2.16. The van der Waals surface area contributed by atoms with Crippen molar-refractivity contribution in [2.75, 3.05) is 56.0 Å². The third-order valence-electron chi connectivity index (χ3n) is 8.33. The van der Waals surface area contributed by atoms with Gasteiger partial charge in [0.1, 0.15) is 11.5 Å². The number of ether oxygens (including phenoxy) is 1. The number of phenolic OH excluding ortho intramolecular Hbond substituents is 2. The maximum atomic E-state index is 12.0. The Morgan fingerprint density at radius 2 is 1.53 bits per heavy atom. The van der Waals surface area contributed by atoms with E-state index in [-0.39, 0.29) is 17.6 Å². The third-order valence-corrected chi connectivity index (χ3v) is 8.67. The van der Waals surface area contributed by atoms with Crippen molar-refractivity contribution < 1.29 is 19.7 Å². The van der Waals surface area contributed by atoms with Gasteiger partial charge in [0, 0.05) is 54.5 Å². The Bertz CT molecular complexity index is 1520. The summed E-state index contributed by atoms with van der Waals surface area (Å²) in [5.41, 5.74) is 6.72. The zero-order valence-electron chi connectivity index (χ0n) is 27.3. The fourth-order valence-electron chi connectivity index (χ4n) is 5.90. The molecule has 3 aromatic carbocycles. The van der Waals surface area contributed by atoms with Crippen LogP contribution in [0.4, 0.5) is 10.5 Å². The molecule has 1 amide bonds. The van der Waals surface area contributed by atoms with Crippen molar-refractivity contribution in [2.45, 2.75) is 52.0 Å². The number of phenols is 2. The Kier molecular flexibility index (Phi) is 14.9. The summed E-state index contributed by atoms with van der Waals surface area (Å²) in [6, 6.07) is 21.3. The first-order chi connectivity index (χ1) is 22.9. The predicted octanol–water partition coefficient (Wildman–Crippen LogP) is 7.82. The number of fused-ring (bicyclic) bond motifs is 1. The molecule has 8 nitrogen and oxygen atoms in total. The van der Waals surface area contributed by atoms with E-state index >= 15 is 0 Å². The van der Waals surface area contributed by atoms with Gasteiger partial charge in [0.15, 0.2) is 0 Å². The Morgan fingerprint density at radius 1 is 0.830 bits per heavy atom. The maximum absolute atomic E-state index is 12.0. The zero-order valence-corrected chi connectivity index (χ0v) is 28.8. The molecule has 0 aliphatic carbocycles.